The topological polar surface area (TPSA) is 41.3 Å². The highest BCUT2D eigenvalue weighted by Gasteiger charge is 2.23. The normalized spacial score (nSPS) is 12.5. The lowest BCUT2D eigenvalue weighted by molar-refractivity contribution is 0.0716. The second-order valence-electron chi connectivity index (χ2n) is 4.73. The van der Waals surface area contributed by atoms with Gasteiger partial charge in [0.05, 0.1) is 18.0 Å². The van der Waals surface area contributed by atoms with Gasteiger partial charge in [0.15, 0.2) is 0 Å². The van der Waals surface area contributed by atoms with Crippen LogP contribution in [0.2, 0.25) is 0 Å². The van der Waals surface area contributed by atoms with Crippen LogP contribution in [0.15, 0.2) is 6.07 Å². The molecule has 1 aromatic heterocycles. The predicted molar refractivity (Wildman–Crippen MR) is 60.6 cm³/mol. The Morgan fingerprint density at radius 2 is 2.13 bits per heavy atom. The lowest BCUT2D eigenvalue weighted by Gasteiger charge is -2.33. The number of aryl methyl sites for hydroxylation is 2. The zero-order valence-electron chi connectivity index (χ0n) is 10.3. The molecule has 0 saturated carbocycles. The standard InChI is InChI=1S/C11H21N3O/c1-9-6-10(14(5)12-9)7-13(4)11(2,3)8-15/h6,15H,7-8H2,1-5H3. The predicted octanol–water partition coefficient (Wildman–Crippen LogP) is 0.931. The van der Waals surface area contributed by atoms with Crippen LogP contribution < -0.4 is 0 Å². The molecule has 86 valence electrons. The average molecular weight is 211 g/mol. The molecule has 4 nitrogen and oxygen atoms in total. The van der Waals surface area contributed by atoms with Gasteiger partial charge in [0.1, 0.15) is 0 Å². The maximum atomic E-state index is 9.25. The van der Waals surface area contributed by atoms with Crippen molar-refractivity contribution in [2.75, 3.05) is 13.7 Å². The van der Waals surface area contributed by atoms with Gasteiger partial charge in [-0.25, -0.2) is 0 Å². The summed E-state index contributed by atoms with van der Waals surface area (Å²) in [5, 5.41) is 13.6. The van der Waals surface area contributed by atoms with Gasteiger partial charge in [-0.15, -0.1) is 0 Å². The van der Waals surface area contributed by atoms with Crippen molar-refractivity contribution < 1.29 is 5.11 Å². The molecule has 1 aromatic rings. The van der Waals surface area contributed by atoms with Crippen molar-refractivity contribution in [1.29, 1.82) is 0 Å². The van der Waals surface area contributed by atoms with Gasteiger partial charge in [0.2, 0.25) is 0 Å². The largest absolute Gasteiger partial charge is 0.394 e. The van der Waals surface area contributed by atoms with E-state index in [9.17, 15) is 5.11 Å². The van der Waals surface area contributed by atoms with Crippen molar-refractivity contribution in [3.05, 3.63) is 17.5 Å². The number of rotatable bonds is 4. The summed E-state index contributed by atoms with van der Waals surface area (Å²) in [6.07, 6.45) is 0. The molecule has 0 amide bonds. The fourth-order valence-corrected chi connectivity index (χ4v) is 1.39. The molecule has 0 aliphatic carbocycles. The molecule has 0 unspecified atom stereocenters. The molecule has 4 heteroatoms. The van der Waals surface area contributed by atoms with E-state index in [0.717, 1.165) is 17.9 Å². The quantitative estimate of drug-likeness (QED) is 0.805. The van der Waals surface area contributed by atoms with E-state index in [4.69, 9.17) is 0 Å². The van der Waals surface area contributed by atoms with E-state index in [2.05, 4.69) is 16.1 Å². The smallest absolute Gasteiger partial charge is 0.0610 e. The second-order valence-corrected chi connectivity index (χ2v) is 4.73. The minimum absolute atomic E-state index is 0.153. The van der Waals surface area contributed by atoms with Crippen LogP contribution >= 0.6 is 0 Å². The lowest BCUT2D eigenvalue weighted by atomic mass is 10.1. The molecule has 1 rings (SSSR count). The number of likely N-dealkylation sites (N-methyl/N-ethyl adjacent to an activating group) is 1. The number of nitrogens with zero attached hydrogens (tertiary/aromatic N) is 3. The Kier molecular flexibility index (Phi) is 3.52. The third kappa shape index (κ3) is 2.79. The molecule has 1 heterocycles. The Morgan fingerprint density at radius 1 is 1.53 bits per heavy atom. The van der Waals surface area contributed by atoms with Gasteiger partial charge in [0.25, 0.3) is 0 Å². The lowest BCUT2D eigenvalue weighted by Crippen LogP contribution is -2.43. The highest BCUT2D eigenvalue weighted by molar-refractivity contribution is 5.08. The Labute approximate surface area is 91.5 Å². The van der Waals surface area contributed by atoms with Gasteiger partial charge in [-0.1, -0.05) is 0 Å². The highest BCUT2D eigenvalue weighted by Crippen LogP contribution is 2.15. The molecular formula is C11H21N3O. The Morgan fingerprint density at radius 3 is 2.53 bits per heavy atom. The van der Waals surface area contributed by atoms with Crippen molar-refractivity contribution in [2.45, 2.75) is 32.9 Å². The van der Waals surface area contributed by atoms with Crippen LogP contribution in [-0.4, -0.2) is 39.0 Å². The summed E-state index contributed by atoms with van der Waals surface area (Å²) in [6.45, 7) is 6.98. The van der Waals surface area contributed by atoms with Crippen LogP contribution in [0.4, 0.5) is 0 Å². The molecule has 0 saturated heterocycles. The van der Waals surface area contributed by atoms with Crippen molar-refractivity contribution in [3.8, 4) is 0 Å². The van der Waals surface area contributed by atoms with E-state index in [1.165, 1.54) is 0 Å². The maximum absolute atomic E-state index is 9.25. The second kappa shape index (κ2) is 4.33. The van der Waals surface area contributed by atoms with Crippen molar-refractivity contribution in [2.24, 2.45) is 7.05 Å². The first-order valence-corrected chi connectivity index (χ1v) is 5.18. The zero-order valence-corrected chi connectivity index (χ0v) is 10.3. The third-order valence-corrected chi connectivity index (χ3v) is 2.92. The molecule has 15 heavy (non-hydrogen) atoms. The van der Waals surface area contributed by atoms with Crippen molar-refractivity contribution in [3.63, 3.8) is 0 Å². The monoisotopic (exact) mass is 211 g/mol. The SMILES string of the molecule is Cc1cc(CN(C)C(C)(C)CO)n(C)n1. The maximum Gasteiger partial charge on any atom is 0.0610 e. The summed E-state index contributed by atoms with van der Waals surface area (Å²) >= 11 is 0. The molecule has 0 aliphatic rings. The molecular weight excluding hydrogens is 190 g/mol. The number of hydrogen-bond donors (Lipinski definition) is 1. The first kappa shape index (κ1) is 12.2. The highest BCUT2D eigenvalue weighted by atomic mass is 16.3. The summed E-state index contributed by atoms with van der Waals surface area (Å²) in [4.78, 5) is 2.13. The molecule has 0 spiro atoms. The van der Waals surface area contributed by atoms with Gasteiger partial charge >= 0.3 is 0 Å². The van der Waals surface area contributed by atoms with E-state index >= 15 is 0 Å². The summed E-state index contributed by atoms with van der Waals surface area (Å²) in [7, 11) is 3.96. The van der Waals surface area contributed by atoms with Gasteiger partial charge in [-0.05, 0) is 33.9 Å². The molecule has 0 aromatic carbocycles. The molecule has 0 bridgehead atoms. The van der Waals surface area contributed by atoms with Crippen molar-refractivity contribution in [1.82, 2.24) is 14.7 Å². The van der Waals surface area contributed by atoms with E-state index < -0.39 is 0 Å². The van der Waals surface area contributed by atoms with E-state index in [-0.39, 0.29) is 12.1 Å². The molecule has 0 fully saturated rings. The van der Waals surface area contributed by atoms with Crippen LogP contribution in [0.3, 0.4) is 0 Å². The fraction of sp³-hybridized carbons (Fsp3) is 0.727. The fourth-order valence-electron chi connectivity index (χ4n) is 1.39. The molecule has 0 radical (unpaired) electrons. The molecule has 0 aliphatic heterocycles. The van der Waals surface area contributed by atoms with E-state index in [1.54, 1.807) is 0 Å². The Balaban J connectivity index is 2.74. The number of aliphatic hydroxyl groups is 1. The minimum atomic E-state index is -0.196. The number of hydrogen-bond acceptors (Lipinski definition) is 3. The first-order valence-electron chi connectivity index (χ1n) is 5.18. The van der Waals surface area contributed by atoms with Crippen LogP contribution in [0, 0.1) is 6.92 Å². The van der Waals surface area contributed by atoms with E-state index in [0.29, 0.717) is 0 Å². The van der Waals surface area contributed by atoms with Gasteiger partial charge in [0, 0.05) is 19.1 Å². The van der Waals surface area contributed by atoms with Gasteiger partial charge in [-0.3, -0.25) is 9.58 Å². The Hall–Kier alpha value is -0.870. The number of aromatic nitrogens is 2. The van der Waals surface area contributed by atoms with Crippen LogP contribution in [0.5, 0.6) is 0 Å². The van der Waals surface area contributed by atoms with Gasteiger partial charge < -0.3 is 5.11 Å². The number of aliphatic hydroxyl groups excluding tert-OH is 1. The Bertz CT molecular complexity index is 331. The minimum Gasteiger partial charge on any atom is -0.394 e. The van der Waals surface area contributed by atoms with Crippen LogP contribution in [0.25, 0.3) is 0 Å². The average Bonchev–Trinajstić information content (AvgIpc) is 2.45. The molecule has 0 atom stereocenters. The summed E-state index contributed by atoms with van der Waals surface area (Å²) in [5.74, 6) is 0. The van der Waals surface area contributed by atoms with Crippen LogP contribution in [0.1, 0.15) is 25.2 Å². The third-order valence-electron chi connectivity index (χ3n) is 2.92. The van der Waals surface area contributed by atoms with Crippen LogP contribution in [-0.2, 0) is 13.6 Å². The zero-order chi connectivity index (χ0) is 11.6. The summed E-state index contributed by atoms with van der Waals surface area (Å²) in [6, 6.07) is 2.07. The first-order chi connectivity index (χ1) is 6.86. The molecule has 1 N–H and O–H groups in total. The van der Waals surface area contributed by atoms with Crippen molar-refractivity contribution >= 4 is 0 Å². The summed E-state index contributed by atoms with van der Waals surface area (Å²) in [5.41, 5.74) is 2.00. The van der Waals surface area contributed by atoms with E-state index in [1.807, 2.05) is 39.5 Å². The van der Waals surface area contributed by atoms with Gasteiger partial charge in [-0.2, -0.15) is 5.10 Å². The summed E-state index contributed by atoms with van der Waals surface area (Å²) < 4.78 is 1.89.